The van der Waals surface area contributed by atoms with E-state index in [0.717, 1.165) is 25.9 Å². The third kappa shape index (κ3) is 4.67. The lowest BCUT2D eigenvalue weighted by molar-refractivity contribution is 0.0861. The standard InChI is InChI=1S/C14H27N3/c1-5-7-8-9-13(15-6-2)14-12-16(3)10-11-17(14)4/h13-15H,6,8-12H2,1-4H3. The monoisotopic (exact) mass is 237 g/mol. The molecule has 0 aromatic heterocycles. The number of nitrogens with one attached hydrogen (secondary N) is 1. The van der Waals surface area contributed by atoms with Crippen LogP contribution in [0.5, 0.6) is 0 Å². The first-order valence-electron chi connectivity index (χ1n) is 6.70. The maximum absolute atomic E-state index is 3.63. The molecule has 1 heterocycles. The van der Waals surface area contributed by atoms with E-state index in [-0.39, 0.29) is 0 Å². The number of piperazine rings is 1. The Kier molecular flexibility index (Phi) is 6.57. The third-order valence-corrected chi connectivity index (χ3v) is 3.59. The maximum atomic E-state index is 3.63. The van der Waals surface area contributed by atoms with Gasteiger partial charge in [-0.25, -0.2) is 0 Å². The van der Waals surface area contributed by atoms with Crippen LogP contribution < -0.4 is 5.32 Å². The van der Waals surface area contributed by atoms with Crippen molar-refractivity contribution in [2.45, 2.75) is 38.8 Å². The number of hydrogen-bond acceptors (Lipinski definition) is 3. The van der Waals surface area contributed by atoms with Crippen molar-refractivity contribution < 1.29 is 0 Å². The van der Waals surface area contributed by atoms with Crippen LogP contribution in [-0.4, -0.2) is 62.2 Å². The molecule has 0 bridgehead atoms. The van der Waals surface area contributed by atoms with Crippen LogP contribution in [0.4, 0.5) is 0 Å². The molecule has 1 aliphatic rings. The van der Waals surface area contributed by atoms with Crippen LogP contribution in [0.25, 0.3) is 0 Å². The van der Waals surface area contributed by atoms with Gasteiger partial charge in [0, 0.05) is 38.1 Å². The van der Waals surface area contributed by atoms with E-state index in [1.807, 2.05) is 6.92 Å². The Morgan fingerprint density at radius 3 is 2.76 bits per heavy atom. The zero-order valence-corrected chi connectivity index (χ0v) is 11.8. The van der Waals surface area contributed by atoms with E-state index in [0.29, 0.717) is 12.1 Å². The molecule has 0 aromatic carbocycles. The topological polar surface area (TPSA) is 18.5 Å². The van der Waals surface area contributed by atoms with E-state index in [1.165, 1.54) is 13.1 Å². The third-order valence-electron chi connectivity index (χ3n) is 3.59. The van der Waals surface area contributed by atoms with Crippen molar-refractivity contribution in [3.05, 3.63) is 0 Å². The molecule has 0 aromatic rings. The Morgan fingerprint density at radius 2 is 2.12 bits per heavy atom. The van der Waals surface area contributed by atoms with E-state index in [9.17, 15) is 0 Å². The summed E-state index contributed by atoms with van der Waals surface area (Å²) in [6.45, 7) is 8.66. The molecule has 17 heavy (non-hydrogen) atoms. The Balaban J connectivity index is 2.55. The molecule has 3 heteroatoms. The van der Waals surface area contributed by atoms with Gasteiger partial charge in [0.05, 0.1) is 0 Å². The molecular weight excluding hydrogens is 210 g/mol. The average molecular weight is 237 g/mol. The van der Waals surface area contributed by atoms with Gasteiger partial charge in [0.1, 0.15) is 0 Å². The summed E-state index contributed by atoms with van der Waals surface area (Å²) in [5, 5.41) is 3.63. The highest BCUT2D eigenvalue weighted by Crippen LogP contribution is 2.13. The van der Waals surface area contributed by atoms with Crippen LogP contribution in [0.3, 0.4) is 0 Å². The molecule has 0 aliphatic carbocycles. The molecule has 0 radical (unpaired) electrons. The SMILES string of the molecule is CC#CCCC(NCC)C1CN(C)CCN1C. The van der Waals surface area contributed by atoms with Crippen molar-refractivity contribution in [1.82, 2.24) is 15.1 Å². The second-order valence-corrected chi connectivity index (χ2v) is 4.94. The van der Waals surface area contributed by atoms with Gasteiger partial charge >= 0.3 is 0 Å². The van der Waals surface area contributed by atoms with E-state index < -0.39 is 0 Å². The van der Waals surface area contributed by atoms with Crippen molar-refractivity contribution in [1.29, 1.82) is 0 Å². The van der Waals surface area contributed by atoms with Gasteiger partial charge in [-0.1, -0.05) is 6.92 Å². The Bertz CT molecular complexity index is 266. The molecule has 1 N–H and O–H groups in total. The molecule has 0 amide bonds. The van der Waals surface area contributed by atoms with Gasteiger partial charge in [-0.15, -0.1) is 11.8 Å². The van der Waals surface area contributed by atoms with Crippen LogP contribution in [0.2, 0.25) is 0 Å². The highest BCUT2D eigenvalue weighted by atomic mass is 15.3. The fraction of sp³-hybridized carbons (Fsp3) is 0.857. The number of likely N-dealkylation sites (N-methyl/N-ethyl adjacent to an activating group) is 3. The van der Waals surface area contributed by atoms with Gasteiger partial charge in [-0.2, -0.15) is 0 Å². The van der Waals surface area contributed by atoms with Gasteiger partial charge in [-0.05, 0) is 34.0 Å². The molecule has 1 rings (SSSR count). The zero-order chi connectivity index (χ0) is 12.7. The van der Waals surface area contributed by atoms with Crippen LogP contribution in [0, 0.1) is 11.8 Å². The Labute approximate surface area is 107 Å². The molecular formula is C14H27N3. The normalized spacial score (nSPS) is 24.1. The summed E-state index contributed by atoms with van der Waals surface area (Å²) in [7, 11) is 4.46. The van der Waals surface area contributed by atoms with Crippen LogP contribution in [0.1, 0.15) is 26.7 Å². The summed E-state index contributed by atoms with van der Waals surface area (Å²) < 4.78 is 0. The van der Waals surface area contributed by atoms with Gasteiger partial charge in [0.15, 0.2) is 0 Å². The zero-order valence-electron chi connectivity index (χ0n) is 11.8. The Morgan fingerprint density at radius 1 is 1.35 bits per heavy atom. The molecule has 98 valence electrons. The van der Waals surface area contributed by atoms with E-state index in [4.69, 9.17) is 0 Å². The Hall–Kier alpha value is -0.560. The minimum Gasteiger partial charge on any atom is -0.313 e. The first kappa shape index (κ1) is 14.5. The summed E-state index contributed by atoms with van der Waals surface area (Å²) in [5.74, 6) is 6.17. The molecule has 0 spiro atoms. The lowest BCUT2D eigenvalue weighted by Gasteiger charge is -2.42. The van der Waals surface area contributed by atoms with Crippen LogP contribution >= 0.6 is 0 Å². The molecule has 1 fully saturated rings. The summed E-state index contributed by atoms with van der Waals surface area (Å²) in [6.07, 6.45) is 2.15. The van der Waals surface area contributed by atoms with Crippen LogP contribution in [0.15, 0.2) is 0 Å². The summed E-state index contributed by atoms with van der Waals surface area (Å²) in [6, 6.07) is 1.18. The quantitative estimate of drug-likeness (QED) is 0.720. The largest absolute Gasteiger partial charge is 0.313 e. The fourth-order valence-corrected chi connectivity index (χ4v) is 2.52. The summed E-state index contributed by atoms with van der Waals surface area (Å²) >= 11 is 0. The van der Waals surface area contributed by atoms with E-state index >= 15 is 0 Å². The minimum atomic E-state index is 0.564. The highest BCUT2D eigenvalue weighted by Gasteiger charge is 2.28. The highest BCUT2D eigenvalue weighted by molar-refractivity contribution is 4.97. The van der Waals surface area contributed by atoms with Gasteiger partial charge in [0.2, 0.25) is 0 Å². The average Bonchev–Trinajstić information content (AvgIpc) is 2.32. The van der Waals surface area contributed by atoms with Crippen molar-refractivity contribution in [3.63, 3.8) is 0 Å². The molecule has 2 atom stereocenters. The number of nitrogens with zero attached hydrogens (tertiary/aromatic N) is 2. The number of hydrogen-bond donors (Lipinski definition) is 1. The van der Waals surface area contributed by atoms with E-state index in [2.05, 4.69) is 48.0 Å². The van der Waals surface area contributed by atoms with E-state index in [1.54, 1.807) is 0 Å². The first-order valence-corrected chi connectivity index (χ1v) is 6.70. The second-order valence-electron chi connectivity index (χ2n) is 4.94. The van der Waals surface area contributed by atoms with Gasteiger partial charge < -0.3 is 10.2 Å². The van der Waals surface area contributed by atoms with Crippen molar-refractivity contribution in [2.24, 2.45) is 0 Å². The van der Waals surface area contributed by atoms with Crippen molar-refractivity contribution >= 4 is 0 Å². The minimum absolute atomic E-state index is 0.564. The second kappa shape index (κ2) is 7.71. The lowest BCUT2D eigenvalue weighted by Crippen LogP contribution is -2.58. The maximum Gasteiger partial charge on any atom is 0.0374 e. The molecule has 2 unspecified atom stereocenters. The summed E-state index contributed by atoms with van der Waals surface area (Å²) in [4.78, 5) is 4.92. The van der Waals surface area contributed by atoms with Crippen molar-refractivity contribution in [3.8, 4) is 11.8 Å². The number of rotatable bonds is 5. The lowest BCUT2D eigenvalue weighted by atomic mass is 9.99. The van der Waals surface area contributed by atoms with Gasteiger partial charge in [-0.3, -0.25) is 4.90 Å². The smallest absolute Gasteiger partial charge is 0.0374 e. The molecule has 0 saturated carbocycles. The first-order chi connectivity index (χ1) is 8.19. The van der Waals surface area contributed by atoms with Crippen molar-refractivity contribution in [2.75, 3.05) is 40.3 Å². The predicted octanol–water partition coefficient (Wildman–Crippen LogP) is 1.01. The summed E-state index contributed by atoms with van der Waals surface area (Å²) in [5.41, 5.74) is 0. The van der Waals surface area contributed by atoms with Gasteiger partial charge in [0.25, 0.3) is 0 Å². The predicted molar refractivity (Wildman–Crippen MR) is 74.1 cm³/mol. The fourth-order valence-electron chi connectivity index (χ4n) is 2.52. The molecule has 3 nitrogen and oxygen atoms in total. The molecule has 1 saturated heterocycles. The van der Waals surface area contributed by atoms with Crippen LogP contribution in [-0.2, 0) is 0 Å². The molecule has 1 aliphatic heterocycles.